The molecule has 2 aliphatic carbocycles. The fourth-order valence-corrected chi connectivity index (χ4v) is 11.4. The van der Waals surface area contributed by atoms with Gasteiger partial charge in [0, 0.05) is 35.3 Å². The Morgan fingerprint density at radius 1 is 0.380 bits per heavy atom. The number of aryl methyl sites for hydroxylation is 4. The van der Waals surface area contributed by atoms with Gasteiger partial charge >= 0.3 is 0 Å². The molecule has 4 amide bonds. The zero-order valence-corrected chi connectivity index (χ0v) is 45.6. The van der Waals surface area contributed by atoms with Crippen molar-refractivity contribution in [2.24, 2.45) is 11.8 Å². The molecule has 8 rings (SSSR count). The molecule has 0 spiro atoms. The largest absolute Gasteiger partial charge is 0.457 e. The van der Waals surface area contributed by atoms with Crippen molar-refractivity contribution in [3.05, 3.63) is 203 Å². The number of nitrogens with one attached hydrogen (secondary N) is 4. The van der Waals surface area contributed by atoms with Gasteiger partial charge in [0.2, 0.25) is 23.4 Å². The third-order valence-electron chi connectivity index (χ3n) is 15.9. The number of ether oxygens (including phenoxy) is 1. The predicted molar refractivity (Wildman–Crippen MR) is 311 cm³/mol. The average molecular weight is 1060 g/mol. The van der Waals surface area contributed by atoms with Crippen LogP contribution in [-0.4, -0.2) is 59.4 Å². The molecule has 6 aromatic carbocycles. The van der Waals surface area contributed by atoms with Gasteiger partial charge in [-0.2, -0.15) is 0 Å². The summed E-state index contributed by atoms with van der Waals surface area (Å²) in [6, 6.07) is 53.1. The SMILES string of the molecule is O=C(NC1CCCC[C@H]1C(=O)NC(CCCc1ccccc1)CCCc1ccccc1)C(=O)c1ccc(Oc2ccc(C(=O)C(=O)NC3CCCC[C@H]3C(=O)NC(CCCc3ccccc3)CCCc3ccccc3)cc2)cc1. The lowest BCUT2D eigenvalue weighted by molar-refractivity contribution is -0.129. The van der Waals surface area contributed by atoms with E-state index in [0.717, 1.165) is 103 Å². The van der Waals surface area contributed by atoms with Gasteiger partial charge in [0.25, 0.3) is 11.8 Å². The van der Waals surface area contributed by atoms with Gasteiger partial charge in [-0.15, -0.1) is 0 Å². The van der Waals surface area contributed by atoms with Crippen molar-refractivity contribution < 1.29 is 33.5 Å². The molecule has 0 radical (unpaired) electrons. The van der Waals surface area contributed by atoms with Crippen molar-refractivity contribution in [2.45, 2.75) is 153 Å². The molecule has 11 nitrogen and oxygen atoms in total. The second kappa shape index (κ2) is 30.5. The minimum Gasteiger partial charge on any atom is -0.457 e. The standard InChI is InChI=1S/C68H78N4O7/c73-63(67(77)71-61-39-15-13-37-59(61)65(75)69-55(33-17-29-49-21-5-1-6-22-49)34-18-30-50-23-7-2-8-24-50)53-41-45-57(46-42-53)79-58-47-43-54(44-48-58)64(74)68(78)72-62-40-16-14-38-60(62)66(76)70-56(35-19-31-51-25-9-3-10-26-51)36-20-32-52-27-11-4-12-28-52/h1-12,21-28,41-48,55-56,59-62H,13-20,29-40H2,(H,69,75)(H,70,76)(H,71,77)(H,72,78)/t59-,60-,61?,62?/m1/s1. The summed E-state index contributed by atoms with van der Waals surface area (Å²) in [6.07, 6.45) is 16.8. The van der Waals surface area contributed by atoms with Gasteiger partial charge < -0.3 is 26.0 Å². The number of carbonyl (C=O) groups is 6. The number of Topliss-reactive ketones (excluding diaryl/α,β-unsaturated/α-hetero) is 2. The van der Waals surface area contributed by atoms with Crippen LogP contribution in [0.25, 0.3) is 0 Å². The van der Waals surface area contributed by atoms with Gasteiger partial charge in [-0.1, -0.05) is 147 Å². The van der Waals surface area contributed by atoms with Crippen LogP contribution in [0.4, 0.5) is 0 Å². The molecule has 2 unspecified atom stereocenters. The lowest BCUT2D eigenvalue weighted by Crippen LogP contribution is -2.51. The highest BCUT2D eigenvalue weighted by atomic mass is 16.5. The van der Waals surface area contributed by atoms with Gasteiger partial charge in [-0.05, 0) is 174 Å². The summed E-state index contributed by atoms with van der Waals surface area (Å²) in [5.41, 5.74) is 5.46. The lowest BCUT2D eigenvalue weighted by atomic mass is 9.83. The normalized spacial score (nSPS) is 17.1. The molecule has 79 heavy (non-hydrogen) atoms. The molecule has 0 aliphatic heterocycles. The molecular weight excluding hydrogens is 985 g/mol. The minimum atomic E-state index is -0.754. The highest BCUT2D eigenvalue weighted by Gasteiger charge is 2.36. The van der Waals surface area contributed by atoms with Crippen molar-refractivity contribution in [3.63, 3.8) is 0 Å². The number of amides is 4. The number of hydrogen-bond donors (Lipinski definition) is 4. The van der Waals surface area contributed by atoms with E-state index in [1.54, 1.807) is 24.3 Å². The molecule has 2 fully saturated rings. The van der Waals surface area contributed by atoms with Crippen LogP contribution in [0.2, 0.25) is 0 Å². The first-order valence-corrected chi connectivity index (χ1v) is 29.0. The van der Waals surface area contributed by atoms with Crippen LogP contribution in [-0.2, 0) is 44.9 Å². The summed E-state index contributed by atoms with van der Waals surface area (Å²) in [6.45, 7) is 0. The second-order valence-electron chi connectivity index (χ2n) is 21.7. The highest BCUT2D eigenvalue weighted by Crippen LogP contribution is 2.29. The monoisotopic (exact) mass is 1060 g/mol. The van der Waals surface area contributed by atoms with E-state index in [4.69, 9.17) is 4.74 Å². The van der Waals surface area contributed by atoms with Gasteiger partial charge in [0.15, 0.2) is 0 Å². The number of carbonyl (C=O) groups excluding carboxylic acids is 6. The Kier molecular flexibility index (Phi) is 22.2. The number of benzene rings is 6. The van der Waals surface area contributed by atoms with Crippen LogP contribution in [0, 0.1) is 11.8 Å². The van der Waals surface area contributed by atoms with E-state index in [9.17, 15) is 28.8 Å². The molecule has 0 bridgehead atoms. The summed E-state index contributed by atoms with van der Waals surface area (Å²) in [7, 11) is 0. The molecule has 0 saturated heterocycles. The summed E-state index contributed by atoms with van der Waals surface area (Å²) in [5.74, 6) is -3.14. The number of hydrogen-bond acceptors (Lipinski definition) is 7. The summed E-state index contributed by atoms with van der Waals surface area (Å²) >= 11 is 0. The predicted octanol–water partition coefficient (Wildman–Crippen LogP) is 12.3. The molecule has 0 aromatic heterocycles. The first-order valence-electron chi connectivity index (χ1n) is 29.0. The van der Waals surface area contributed by atoms with Crippen LogP contribution < -0.4 is 26.0 Å². The Morgan fingerprint density at radius 3 is 0.975 bits per heavy atom. The van der Waals surface area contributed by atoms with Crippen molar-refractivity contribution in [3.8, 4) is 11.5 Å². The first-order chi connectivity index (χ1) is 38.6. The van der Waals surface area contributed by atoms with Crippen LogP contribution in [0.3, 0.4) is 0 Å². The molecule has 2 saturated carbocycles. The topological polar surface area (TPSA) is 160 Å². The third kappa shape index (κ3) is 18.2. The average Bonchev–Trinajstić information content (AvgIpc) is 3.49. The van der Waals surface area contributed by atoms with Gasteiger partial charge in [-0.3, -0.25) is 28.8 Å². The van der Waals surface area contributed by atoms with Crippen LogP contribution in [0.5, 0.6) is 11.5 Å². The third-order valence-corrected chi connectivity index (χ3v) is 15.9. The van der Waals surface area contributed by atoms with Crippen LogP contribution in [0.1, 0.15) is 146 Å². The maximum Gasteiger partial charge on any atom is 0.292 e. The Balaban J connectivity index is 0.802. The zero-order chi connectivity index (χ0) is 55.0. The van der Waals surface area contributed by atoms with Gasteiger partial charge in [0.05, 0.1) is 11.8 Å². The Hall–Kier alpha value is -7.66. The quantitative estimate of drug-likeness (QED) is 0.0281. The number of ketones is 2. The fraction of sp³-hybridized carbons (Fsp3) is 0.382. The van der Waals surface area contributed by atoms with Crippen LogP contribution >= 0.6 is 0 Å². The molecule has 412 valence electrons. The summed E-state index contributed by atoms with van der Waals surface area (Å²) < 4.78 is 6.03. The first kappa shape index (κ1) is 57.5. The van der Waals surface area contributed by atoms with E-state index in [2.05, 4.69) is 69.8 Å². The van der Waals surface area contributed by atoms with Crippen molar-refractivity contribution in [1.29, 1.82) is 0 Å². The molecular formula is C68H78N4O7. The summed E-state index contributed by atoms with van der Waals surface area (Å²) in [5, 5.41) is 12.6. The fourth-order valence-electron chi connectivity index (χ4n) is 11.4. The Bertz CT molecular complexity index is 2580. The molecule has 4 N–H and O–H groups in total. The molecule has 11 heteroatoms. The summed E-state index contributed by atoms with van der Waals surface area (Å²) in [4.78, 5) is 82.0. The van der Waals surface area contributed by atoms with Gasteiger partial charge in [-0.25, -0.2) is 0 Å². The smallest absolute Gasteiger partial charge is 0.292 e. The lowest BCUT2D eigenvalue weighted by Gasteiger charge is -2.32. The van der Waals surface area contributed by atoms with E-state index >= 15 is 0 Å². The molecule has 0 heterocycles. The Labute approximate surface area is 467 Å². The number of rotatable bonds is 28. The second-order valence-corrected chi connectivity index (χ2v) is 21.7. The maximum absolute atomic E-state index is 14.0. The van der Waals surface area contributed by atoms with E-state index in [-0.39, 0.29) is 35.0 Å². The highest BCUT2D eigenvalue weighted by molar-refractivity contribution is 6.43. The molecule has 6 aromatic rings. The minimum absolute atomic E-state index is 0.00427. The van der Waals surface area contributed by atoms with Gasteiger partial charge in [0.1, 0.15) is 11.5 Å². The van der Waals surface area contributed by atoms with E-state index in [1.807, 2.05) is 72.8 Å². The molecule has 4 atom stereocenters. The van der Waals surface area contributed by atoms with Crippen LogP contribution in [0.15, 0.2) is 170 Å². The van der Waals surface area contributed by atoms with Crippen molar-refractivity contribution in [2.75, 3.05) is 0 Å². The molecule has 2 aliphatic rings. The zero-order valence-electron chi connectivity index (χ0n) is 45.6. The van der Waals surface area contributed by atoms with Crippen molar-refractivity contribution >= 4 is 35.2 Å². The van der Waals surface area contributed by atoms with E-state index < -0.39 is 47.3 Å². The van der Waals surface area contributed by atoms with E-state index in [1.165, 1.54) is 46.5 Å². The maximum atomic E-state index is 14.0. The Morgan fingerprint density at radius 2 is 0.671 bits per heavy atom. The van der Waals surface area contributed by atoms with Crippen molar-refractivity contribution in [1.82, 2.24) is 21.3 Å². The van der Waals surface area contributed by atoms with E-state index in [0.29, 0.717) is 37.2 Å².